The molecule has 4 nitrogen and oxygen atoms in total. The first-order chi connectivity index (χ1) is 14.8. The molecule has 3 aromatic carbocycles. The smallest absolute Gasteiger partial charge is 0.282 e. The molecule has 0 unspecified atom stereocenters. The maximum absolute atomic E-state index is 14.5. The molecule has 1 heterocycles. The fourth-order valence-electron chi connectivity index (χ4n) is 3.47. The summed E-state index contributed by atoms with van der Waals surface area (Å²) >= 11 is 0. The van der Waals surface area contributed by atoms with E-state index in [1.807, 2.05) is 39.0 Å². The van der Waals surface area contributed by atoms with Crippen molar-refractivity contribution in [3.05, 3.63) is 100 Å². The molecule has 0 aliphatic carbocycles. The highest BCUT2D eigenvalue weighted by Gasteiger charge is 2.41. The fourth-order valence-corrected chi connectivity index (χ4v) is 3.47. The van der Waals surface area contributed by atoms with Gasteiger partial charge < -0.3 is 5.32 Å². The number of carbonyl (C=O) groups is 2. The maximum atomic E-state index is 14.5. The number of nitrogens with zero attached hydrogens (tertiary/aromatic N) is 1. The van der Waals surface area contributed by atoms with Crippen LogP contribution in [0, 0.1) is 32.4 Å². The molecular formula is C25H20F2N2O2. The number of halogens is 2. The Morgan fingerprint density at radius 2 is 1.48 bits per heavy atom. The van der Waals surface area contributed by atoms with Crippen LogP contribution in [0.4, 0.5) is 20.2 Å². The van der Waals surface area contributed by atoms with Gasteiger partial charge in [0.05, 0.1) is 11.3 Å². The number of hydrogen-bond acceptors (Lipinski definition) is 3. The number of carbonyl (C=O) groups excluding carboxylic acids is 2. The molecule has 4 rings (SSSR count). The maximum Gasteiger partial charge on any atom is 0.282 e. The quantitative estimate of drug-likeness (QED) is 0.586. The van der Waals surface area contributed by atoms with Crippen molar-refractivity contribution < 1.29 is 18.4 Å². The Bertz CT molecular complexity index is 1250. The molecule has 1 aliphatic rings. The molecule has 31 heavy (non-hydrogen) atoms. The van der Waals surface area contributed by atoms with Gasteiger partial charge in [0.15, 0.2) is 0 Å². The predicted molar refractivity (Wildman–Crippen MR) is 116 cm³/mol. The molecule has 0 radical (unpaired) electrons. The first-order valence-corrected chi connectivity index (χ1v) is 9.75. The van der Waals surface area contributed by atoms with Crippen LogP contribution < -0.4 is 10.2 Å². The van der Waals surface area contributed by atoms with Crippen LogP contribution in [0.15, 0.2) is 66.4 Å². The molecule has 156 valence electrons. The third-order valence-corrected chi connectivity index (χ3v) is 5.35. The van der Waals surface area contributed by atoms with Gasteiger partial charge in [-0.1, -0.05) is 35.9 Å². The van der Waals surface area contributed by atoms with Gasteiger partial charge in [0.25, 0.3) is 11.8 Å². The first kappa shape index (κ1) is 20.5. The van der Waals surface area contributed by atoms with E-state index >= 15 is 0 Å². The zero-order chi connectivity index (χ0) is 22.3. The summed E-state index contributed by atoms with van der Waals surface area (Å²) < 4.78 is 28.3. The van der Waals surface area contributed by atoms with Gasteiger partial charge in [0, 0.05) is 11.8 Å². The van der Waals surface area contributed by atoms with E-state index in [2.05, 4.69) is 5.32 Å². The number of aryl methyl sites for hydroxylation is 3. The van der Waals surface area contributed by atoms with Crippen molar-refractivity contribution in [3.63, 3.8) is 0 Å². The summed E-state index contributed by atoms with van der Waals surface area (Å²) in [5.41, 5.74) is 3.83. The molecule has 0 bridgehead atoms. The minimum Gasteiger partial charge on any atom is -0.350 e. The number of hydrogen-bond donors (Lipinski definition) is 1. The summed E-state index contributed by atoms with van der Waals surface area (Å²) in [5, 5.41) is 3.02. The van der Waals surface area contributed by atoms with Crippen molar-refractivity contribution >= 4 is 28.8 Å². The van der Waals surface area contributed by atoms with E-state index in [1.54, 1.807) is 24.3 Å². The summed E-state index contributed by atoms with van der Waals surface area (Å²) in [5.74, 6) is -3.07. The molecule has 0 saturated heterocycles. The normalized spacial score (nSPS) is 13.9. The zero-order valence-electron chi connectivity index (χ0n) is 17.3. The third kappa shape index (κ3) is 3.72. The second-order valence-corrected chi connectivity index (χ2v) is 7.58. The van der Waals surface area contributed by atoms with Crippen molar-refractivity contribution in [2.24, 2.45) is 0 Å². The van der Waals surface area contributed by atoms with Gasteiger partial charge in [-0.25, -0.2) is 13.7 Å². The van der Waals surface area contributed by atoms with Crippen LogP contribution in [0.25, 0.3) is 5.57 Å². The van der Waals surface area contributed by atoms with Gasteiger partial charge in [-0.05, 0) is 61.7 Å². The van der Waals surface area contributed by atoms with E-state index < -0.39 is 29.1 Å². The van der Waals surface area contributed by atoms with Crippen LogP contribution in [0.5, 0.6) is 0 Å². The minimum atomic E-state index is -0.862. The minimum absolute atomic E-state index is 0.0146. The summed E-state index contributed by atoms with van der Waals surface area (Å²) in [4.78, 5) is 27.3. The standard InChI is InChI=1S/C25H20F2N2O2/c1-14-4-9-19(10-5-14)28-23-22(17-7-6-15(2)16(3)12-17)24(30)29(25(23)31)21-13-18(26)8-11-20(21)27/h4-13,28H,1-3H3. The fraction of sp³-hybridized carbons (Fsp3) is 0.120. The highest BCUT2D eigenvalue weighted by Crippen LogP contribution is 2.35. The van der Waals surface area contributed by atoms with Crippen molar-refractivity contribution in [3.8, 4) is 0 Å². The molecule has 2 amide bonds. The summed E-state index contributed by atoms with van der Waals surface area (Å²) in [6.45, 7) is 5.77. The number of rotatable bonds is 4. The Morgan fingerprint density at radius 1 is 0.774 bits per heavy atom. The van der Waals surface area contributed by atoms with E-state index in [4.69, 9.17) is 0 Å². The Labute approximate surface area is 178 Å². The molecule has 1 N–H and O–H groups in total. The van der Waals surface area contributed by atoms with Crippen LogP contribution in [0.3, 0.4) is 0 Å². The van der Waals surface area contributed by atoms with Gasteiger partial charge in [-0.2, -0.15) is 0 Å². The van der Waals surface area contributed by atoms with Gasteiger partial charge in [0.2, 0.25) is 0 Å². The van der Waals surface area contributed by atoms with Crippen LogP contribution in [-0.4, -0.2) is 11.8 Å². The summed E-state index contributed by atoms with van der Waals surface area (Å²) in [6, 6.07) is 15.4. The number of benzene rings is 3. The molecule has 0 spiro atoms. The lowest BCUT2D eigenvalue weighted by molar-refractivity contribution is -0.120. The van der Waals surface area contributed by atoms with Crippen molar-refractivity contribution in [1.82, 2.24) is 0 Å². The molecule has 1 aliphatic heterocycles. The van der Waals surface area contributed by atoms with E-state index in [1.165, 1.54) is 0 Å². The number of imide groups is 1. The van der Waals surface area contributed by atoms with Gasteiger partial charge in [-0.3, -0.25) is 9.59 Å². The van der Waals surface area contributed by atoms with Crippen LogP contribution in [0.1, 0.15) is 22.3 Å². The van der Waals surface area contributed by atoms with E-state index in [-0.39, 0.29) is 11.3 Å². The number of anilines is 2. The van der Waals surface area contributed by atoms with Crippen molar-refractivity contribution in [1.29, 1.82) is 0 Å². The topological polar surface area (TPSA) is 49.4 Å². The van der Waals surface area contributed by atoms with E-state index in [0.29, 0.717) is 16.2 Å². The molecule has 0 saturated carbocycles. The summed E-state index contributed by atoms with van der Waals surface area (Å²) in [6.07, 6.45) is 0. The SMILES string of the molecule is Cc1ccc(NC2=C(c3ccc(C)c(C)c3)C(=O)N(c3cc(F)ccc3F)C2=O)cc1. The average Bonchev–Trinajstić information content (AvgIpc) is 2.97. The molecule has 3 aromatic rings. The highest BCUT2D eigenvalue weighted by atomic mass is 19.1. The van der Waals surface area contributed by atoms with E-state index in [0.717, 1.165) is 34.9 Å². The molecular weight excluding hydrogens is 398 g/mol. The zero-order valence-corrected chi connectivity index (χ0v) is 17.3. The van der Waals surface area contributed by atoms with E-state index in [9.17, 15) is 18.4 Å². The highest BCUT2D eigenvalue weighted by molar-refractivity contribution is 6.46. The lowest BCUT2D eigenvalue weighted by Crippen LogP contribution is -2.33. The third-order valence-electron chi connectivity index (χ3n) is 5.35. The van der Waals surface area contributed by atoms with Crippen LogP contribution in [-0.2, 0) is 9.59 Å². The molecule has 0 aromatic heterocycles. The predicted octanol–water partition coefficient (Wildman–Crippen LogP) is 5.29. The Kier molecular flexibility index (Phi) is 5.15. The average molecular weight is 418 g/mol. The van der Waals surface area contributed by atoms with Gasteiger partial charge in [0.1, 0.15) is 17.3 Å². The number of nitrogens with one attached hydrogen (secondary N) is 1. The first-order valence-electron chi connectivity index (χ1n) is 9.75. The van der Waals surface area contributed by atoms with Crippen molar-refractivity contribution in [2.75, 3.05) is 10.2 Å². The van der Waals surface area contributed by atoms with Crippen LogP contribution in [0.2, 0.25) is 0 Å². The monoisotopic (exact) mass is 418 g/mol. The lowest BCUT2D eigenvalue weighted by atomic mass is 9.99. The Hall–Kier alpha value is -3.80. The van der Waals surface area contributed by atoms with Crippen molar-refractivity contribution in [2.45, 2.75) is 20.8 Å². The Morgan fingerprint density at radius 3 is 2.16 bits per heavy atom. The number of amides is 2. The molecule has 0 atom stereocenters. The molecule has 6 heteroatoms. The lowest BCUT2D eigenvalue weighted by Gasteiger charge is -2.16. The summed E-state index contributed by atoms with van der Waals surface area (Å²) in [7, 11) is 0. The second kappa shape index (κ2) is 7.80. The second-order valence-electron chi connectivity index (χ2n) is 7.58. The largest absolute Gasteiger partial charge is 0.350 e. The van der Waals surface area contributed by atoms with Gasteiger partial charge in [-0.15, -0.1) is 0 Å². The molecule has 0 fully saturated rings. The van der Waals surface area contributed by atoms with Gasteiger partial charge >= 0.3 is 0 Å². The van der Waals surface area contributed by atoms with Crippen LogP contribution >= 0.6 is 0 Å². The Balaban J connectivity index is 1.87.